The largest absolute Gasteiger partial charge is 0.326 e. The van der Waals surface area contributed by atoms with E-state index in [0.29, 0.717) is 11.1 Å². The minimum atomic E-state index is -1.12. The van der Waals surface area contributed by atoms with E-state index < -0.39 is 5.54 Å². The molecule has 2 aromatic rings. The molecule has 6 nitrogen and oxygen atoms in total. The molecule has 6 heteroatoms. The third kappa shape index (κ3) is 2.90. The SMILES string of the molecule is CC#CC(c1ccccc1C#N)(C1NCCC[C@H]1N)n1cnccc1=O. The van der Waals surface area contributed by atoms with E-state index in [4.69, 9.17) is 5.73 Å². The van der Waals surface area contributed by atoms with E-state index in [-0.39, 0.29) is 17.6 Å². The Morgan fingerprint density at radius 3 is 2.88 bits per heavy atom. The number of benzene rings is 1. The number of hydrogen-bond donors (Lipinski definition) is 2. The number of nitrogens with zero attached hydrogens (tertiary/aromatic N) is 3. The summed E-state index contributed by atoms with van der Waals surface area (Å²) < 4.78 is 1.50. The second-order valence-electron chi connectivity index (χ2n) is 6.33. The van der Waals surface area contributed by atoms with Crippen molar-refractivity contribution in [2.24, 2.45) is 5.73 Å². The van der Waals surface area contributed by atoms with Gasteiger partial charge >= 0.3 is 0 Å². The molecule has 0 saturated carbocycles. The van der Waals surface area contributed by atoms with Crippen LogP contribution in [0.4, 0.5) is 0 Å². The maximum atomic E-state index is 12.8. The molecule has 1 aliphatic heterocycles. The number of nitrogens with one attached hydrogen (secondary N) is 1. The van der Waals surface area contributed by atoms with Crippen LogP contribution in [0.2, 0.25) is 0 Å². The Morgan fingerprint density at radius 2 is 2.19 bits per heavy atom. The van der Waals surface area contributed by atoms with Crippen molar-refractivity contribution in [2.75, 3.05) is 6.54 Å². The Bertz CT molecular complexity index is 949. The van der Waals surface area contributed by atoms with Gasteiger partial charge in [0.1, 0.15) is 0 Å². The zero-order valence-electron chi connectivity index (χ0n) is 14.6. The number of nitriles is 1. The predicted molar refractivity (Wildman–Crippen MR) is 99.2 cm³/mol. The third-order valence-electron chi connectivity index (χ3n) is 4.83. The molecule has 0 aliphatic carbocycles. The molecule has 2 unspecified atom stereocenters. The lowest BCUT2D eigenvalue weighted by molar-refractivity contribution is 0.231. The first kappa shape index (κ1) is 17.9. The van der Waals surface area contributed by atoms with Gasteiger partial charge in [-0.05, 0) is 32.4 Å². The first-order valence-corrected chi connectivity index (χ1v) is 8.60. The Labute approximate surface area is 152 Å². The zero-order valence-corrected chi connectivity index (χ0v) is 14.6. The molecule has 1 aromatic carbocycles. The average Bonchev–Trinajstić information content (AvgIpc) is 2.67. The van der Waals surface area contributed by atoms with Gasteiger partial charge in [-0.15, -0.1) is 5.92 Å². The maximum Gasteiger partial charge on any atom is 0.254 e. The van der Waals surface area contributed by atoms with Crippen LogP contribution in [0.15, 0.2) is 47.7 Å². The van der Waals surface area contributed by atoms with Crippen LogP contribution in [0, 0.1) is 23.2 Å². The molecule has 3 rings (SSSR count). The van der Waals surface area contributed by atoms with Crippen molar-refractivity contribution in [2.45, 2.75) is 37.4 Å². The molecular formula is C20H21N5O. The Morgan fingerprint density at radius 1 is 1.38 bits per heavy atom. The van der Waals surface area contributed by atoms with Crippen LogP contribution < -0.4 is 16.6 Å². The van der Waals surface area contributed by atoms with E-state index in [1.54, 1.807) is 19.1 Å². The highest BCUT2D eigenvalue weighted by Gasteiger charge is 2.46. The summed E-state index contributed by atoms with van der Waals surface area (Å²) in [6, 6.07) is 10.3. The summed E-state index contributed by atoms with van der Waals surface area (Å²) >= 11 is 0. The summed E-state index contributed by atoms with van der Waals surface area (Å²) in [7, 11) is 0. The van der Waals surface area contributed by atoms with Gasteiger partial charge in [0, 0.05) is 23.9 Å². The second kappa shape index (κ2) is 7.53. The minimum Gasteiger partial charge on any atom is -0.326 e. The fourth-order valence-corrected chi connectivity index (χ4v) is 3.74. The lowest BCUT2D eigenvalue weighted by Gasteiger charge is -2.44. The molecule has 0 radical (unpaired) electrons. The molecule has 0 spiro atoms. The van der Waals surface area contributed by atoms with Gasteiger partial charge in [0.15, 0.2) is 5.54 Å². The number of rotatable bonds is 3. The first-order chi connectivity index (χ1) is 12.6. The van der Waals surface area contributed by atoms with Crippen molar-refractivity contribution in [3.8, 4) is 17.9 Å². The van der Waals surface area contributed by atoms with Crippen LogP contribution in [-0.4, -0.2) is 28.2 Å². The van der Waals surface area contributed by atoms with Crippen molar-refractivity contribution in [3.05, 3.63) is 64.3 Å². The van der Waals surface area contributed by atoms with Gasteiger partial charge in [0.2, 0.25) is 0 Å². The predicted octanol–water partition coefficient (Wildman–Crippen LogP) is 0.961. The second-order valence-corrected chi connectivity index (χ2v) is 6.33. The number of piperidine rings is 1. The van der Waals surface area contributed by atoms with E-state index in [2.05, 4.69) is 28.2 Å². The molecule has 3 atom stereocenters. The standard InChI is InChI=1S/C20H21N5O/c1-2-10-20(19-17(22)8-5-11-24-19,25-14-23-12-9-18(25)26)16-7-4-3-6-15(16)13-21/h3-4,6-7,9,12,14,17,19,24H,5,8,11,22H2,1H3/t17-,19?,20?/m1/s1. The van der Waals surface area contributed by atoms with Crippen LogP contribution in [0.5, 0.6) is 0 Å². The molecular weight excluding hydrogens is 326 g/mol. The van der Waals surface area contributed by atoms with Crippen molar-refractivity contribution in [1.82, 2.24) is 14.9 Å². The minimum absolute atomic E-state index is 0.219. The highest BCUT2D eigenvalue weighted by molar-refractivity contribution is 5.49. The summed E-state index contributed by atoms with van der Waals surface area (Å²) in [5.74, 6) is 6.18. The van der Waals surface area contributed by atoms with Crippen molar-refractivity contribution in [1.29, 1.82) is 5.26 Å². The Kier molecular flexibility index (Phi) is 5.18. The zero-order chi connectivity index (χ0) is 18.6. The fourth-order valence-electron chi connectivity index (χ4n) is 3.74. The molecule has 3 N–H and O–H groups in total. The molecule has 26 heavy (non-hydrogen) atoms. The quantitative estimate of drug-likeness (QED) is 0.806. The highest BCUT2D eigenvalue weighted by atomic mass is 16.1. The van der Waals surface area contributed by atoms with E-state index >= 15 is 0 Å². The molecule has 0 bridgehead atoms. The average molecular weight is 347 g/mol. The van der Waals surface area contributed by atoms with Gasteiger partial charge in [-0.25, -0.2) is 4.98 Å². The lowest BCUT2D eigenvalue weighted by atomic mass is 9.75. The van der Waals surface area contributed by atoms with Crippen LogP contribution in [0.3, 0.4) is 0 Å². The van der Waals surface area contributed by atoms with Crippen molar-refractivity contribution in [3.63, 3.8) is 0 Å². The topological polar surface area (TPSA) is 96.7 Å². The van der Waals surface area contributed by atoms with Gasteiger partial charge in [0.25, 0.3) is 5.56 Å². The van der Waals surface area contributed by atoms with Crippen LogP contribution in [0.1, 0.15) is 30.9 Å². The highest BCUT2D eigenvalue weighted by Crippen LogP contribution is 2.34. The van der Waals surface area contributed by atoms with E-state index in [9.17, 15) is 10.1 Å². The smallest absolute Gasteiger partial charge is 0.254 e. The molecule has 1 aromatic heterocycles. The lowest BCUT2D eigenvalue weighted by Crippen LogP contribution is -2.64. The molecule has 0 amide bonds. The van der Waals surface area contributed by atoms with Gasteiger partial charge in [0.05, 0.1) is 24.0 Å². The number of nitrogens with two attached hydrogens (primary N) is 1. The maximum absolute atomic E-state index is 12.8. The van der Waals surface area contributed by atoms with Crippen molar-refractivity contribution < 1.29 is 0 Å². The normalized spacial score (nSPS) is 21.7. The summed E-state index contributed by atoms with van der Waals surface area (Å²) in [6.45, 7) is 2.49. The summed E-state index contributed by atoms with van der Waals surface area (Å²) in [4.78, 5) is 16.9. The molecule has 2 heterocycles. The molecule has 1 saturated heterocycles. The van der Waals surface area contributed by atoms with Crippen LogP contribution in [0.25, 0.3) is 0 Å². The van der Waals surface area contributed by atoms with E-state index in [1.807, 2.05) is 12.1 Å². The number of aromatic nitrogens is 2. The van der Waals surface area contributed by atoms with Crippen LogP contribution in [-0.2, 0) is 5.54 Å². The monoisotopic (exact) mass is 347 g/mol. The summed E-state index contributed by atoms with van der Waals surface area (Å²) in [5.41, 5.74) is 6.22. The van der Waals surface area contributed by atoms with E-state index in [0.717, 1.165) is 19.4 Å². The fraction of sp³-hybridized carbons (Fsp3) is 0.350. The van der Waals surface area contributed by atoms with Crippen LogP contribution >= 0.6 is 0 Å². The van der Waals surface area contributed by atoms with Gasteiger partial charge in [-0.3, -0.25) is 9.36 Å². The van der Waals surface area contributed by atoms with Gasteiger partial charge in [-0.1, -0.05) is 24.1 Å². The number of hydrogen-bond acceptors (Lipinski definition) is 5. The molecule has 1 aliphatic rings. The van der Waals surface area contributed by atoms with E-state index in [1.165, 1.54) is 23.2 Å². The summed E-state index contributed by atoms with van der Waals surface area (Å²) in [5, 5.41) is 13.1. The Hall–Kier alpha value is -2.93. The van der Waals surface area contributed by atoms with Gasteiger partial charge in [-0.2, -0.15) is 5.26 Å². The molecule has 132 valence electrons. The first-order valence-electron chi connectivity index (χ1n) is 8.60. The van der Waals surface area contributed by atoms with Gasteiger partial charge < -0.3 is 11.1 Å². The molecule has 1 fully saturated rings. The van der Waals surface area contributed by atoms with Crippen molar-refractivity contribution >= 4 is 0 Å². The summed E-state index contributed by atoms with van der Waals surface area (Å²) in [6.07, 6.45) is 4.70. The third-order valence-corrected chi connectivity index (χ3v) is 4.83. The Balaban J connectivity index is 2.40.